The van der Waals surface area contributed by atoms with Crippen LogP contribution in [0, 0.1) is 12.8 Å². The van der Waals surface area contributed by atoms with Crippen LogP contribution in [0.1, 0.15) is 34.6 Å². The highest BCUT2D eigenvalue weighted by Gasteiger charge is 2.41. The van der Waals surface area contributed by atoms with Crippen molar-refractivity contribution in [3.05, 3.63) is 22.7 Å². The van der Waals surface area contributed by atoms with Crippen LogP contribution in [0.2, 0.25) is 0 Å². The lowest BCUT2D eigenvalue weighted by atomic mass is 10.1. The fourth-order valence-corrected chi connectivity index (χ4v) is 4.65. The molecule has 5 heteroatoms. The Morgan fingerprint density at radius 3 is 3.00 bits per heavy atom. The van der Waals surface area contributed by atoms with Crippen LogP contribution in [0.4, 0.5) is 5.69 Å². The normalized spacial score (nSPS) is 24.8. The minimum absolute atomic E-state index is 0.107. The molecule has 2 N–H and O–H groups in total. The molecule has 2 aromatic heterocycles. The van der Waals surface area contributed by atoms with Crippen molar-refractivity contribution >= 4 is 33.1 Å². The number of aryl methyl sites for hydroxylation is 1. The molecule has 2 fully saturated rings. The van der Waals surface area contributed by atoms with E-state index in [4.69, 9.17) is 5.73 Å². The molecule has 1 amide bonds. The topological polar surface area (TPSA) is 59.2 Å². The molecule has 1 aliphatic heterocycles. The molecule has 20 heavy (non-hydrogen) atoms. The highest BCUT2D eigenvalue weighted by Crippen LogP contribution is 2.40. The van der Waals surface area contributed by atoms with Gasteiger partial charge in [-0.3, -0.25) is 4.79 Å². The molecule has 4 nitrogen and oxygen atoms in total. The maximum atomic E-state index is 12.7. The third-order valence-electron chi connectivity index (χ3n) is 4.60. The van der Waals surface area contributed by atoms with Crippen LogP contribution in [0.3, 0.4) is 0 Å². The van der Waals surface area contributed by atoms with Gasteiger partial charge >= 0.3 is 0 Å². The third-order valence-corrected chi connectivity index (χ3v) is 5.70. The van der Waals surface area contributed by atoms with E-state index < -0.39 is 0 Å². The van der Waals surface area contributed by atoms with Gasteiger partial charge in [-0.05, 0) is 44.2 Å². The number of rotatable bonds is 1. The molecule has 2 aromatic rings. The van der Waals surface area contributed by atoms with E-state index >= 15 is 0 Å². The van der Waals surface area contributed by atoms with E-state index in [9.17, 15) is 4.79 Å². The number of pyridine rings is 1. The van der Waals surface area contributed by atoms with Crippen LogP contribution in [0.5, 0.6) is 0 Å². The number of piperidine rings is 1. The van der Waals surface area contributed by atoms with Gasteiger partial charge in [0.05, 0.1) is 5.69 Å². The molecule has 1 saturated heterocycles. The summed E-state index contributed by atoms with van der Waals surface area (Å²) in [4.78, 5) is 20.8. The Labute approximate surface area is 121 Å². The molecule has 1 saturated carbocycles. The highest BCUT2D eigenvalue weighted by molar-refractivity contribution is 7.21. The standard InChI is InChI=1S/C15H17N3OS/c1-8-2-5-11-12(16)13(20-14(11)17-8)15(19)18-7-9-3-4-10(18)6-9/h2,5,9-10H,3-4,6-7,16H2,1H3. The number of hydrogen-bond acceptors (Lipinski definition) is 4. The fraction of sp³-hybridized carbons (Fsp3) is 0.467. The summed E-state index contributed by atoms with van der Waals surface area (Å²) >= 11 is 1.43. The molecular formula is C15H17N3OS. The molecule has 3 heterocycles. The molecule has 2 aliphatic rings. The molecule has 4 rings (SSSR count). The van der Waals surface area contributed by atoms with Gasteiger partial charge in [-0.25, -0.2) is 4.98 Å². The first-order chi connectivity index (χ1) is 9.63. The van der Waals surface area contributed by atoms with E-state index in [1.807, 2.05) is 24.0 Å². The summed E-state index contributed by atoms with van der Waals surface area (Å²) in [5.74, 6) is 0.815. The lowest BCUT2D eigenvalue weighted by Gasteiger charge is -2.26. The van der Waals surface area contributed by atoms with Crippen LogP contribution >= 0.6 is 11.3 Å². The number of likely N-dealkylation sites (tertiary alicyclic amines) is 1. The molecule has 2 bridgehead atoms. The smallest absolute Gasteiger partial charge is 0.266 e. The van der Waals surface area contributed by atoms with Crippen molar-refractivity contribution in [2.75, 3.05) is 12.3 Å². The van der Waals surface area contributed by atoms with Crippen LogP contribution < -0.4 is 5.73 Å². The summed E-state index contributed by atoms with van der Waals surface area (Å²) < 4.78 is 0. The molecule has 0 aromatic carbocycles. The predicted molar refractivity (Wildman–Crippen MR) is 80.9 cm³/mol. The molecular weight excluding hydrogens is 270 g/mol. The Hall–Kier alpha value is -1.62. The van der Waals surface area contributed by atoms with Gasteiger partial charge in [0, 0.05) is 23.7 Å². The lowest BCUT2D eigenvalue weighted by Crippen LogP contribution is -2.37. The zero-order valence-electron chi connectivity index (χ0n) is 11.4. The average Bonchev–Trinajstić information content (AvgIpc) is 3.12. The van der Waals surface area contributed by atoms with Gasteiger partial charge in [-0.15, -0.1) is 11.3 Å². The third kappa shape index (κ3) is 1.66. The van der Waals surface area contributed by atoms with Crippen molar-refractivity contribution in [2.24, 2.45) is 5.92 Å². The zero-order chi connectivity index (χ0) is 13.9. The highest BCUT2D eigenvalue weighted by atomic mass is 32.1. The minimum atomic E-state index is 0.107. The Bertz CT molecular complexity index is 708. The largest absolute Gasteiger partial charge is 0.397 e. The van der Waals surface area contributed by atoms with Crippen molar-refractivity contribution in [1.82, 2.24) is 9.88 Å². The van der Waals surface area contributed by atoms with Crippen LogP contribution in [-0.2, 0) is 0 Å². The monoisotopic (exact) mass is 287 g/mol. The molecule has 1 aliphatic carbocycles. The van der Waals surface area contributed by atoms with E-state index in [0.717, 1.165) is 28.9 Å². The summed E-state index contributed by atoms with van der Waals surface area (Å²) in [7, 11) is 0. The number of nitrogen functional groups attached to an aromatic ring is 1. The van der Waals surface area contributed by atoms with Crippen LogP contribution in [-0.4, -0.2) is 28.4 Å². The Morgan fingerprint density at radius 1 is 1.45 bits per heavy atom. The number of fused-ring (bicyclic) bond motifs is 3. The van der Waals surface area contributed by atoms with Gasteiger partial charge in [0.25, 0.3) is 5.91 Å². The van der Waals surface area contributed by atoms with Gasteiger partial charge in [0.1, 0.15) is 9.71 Å². The maximum Gasteiger partial charge on any atom is 0.266 e. The molecule has 2 atom stereocenters. The van der Waals surface area contributed by atoms with Gasteiger partial charge in [0.2, 0.25) is 0 Å². The van der Waals surface area contributed by atoms with Gasteiger partial charge < -0.3 is 10.6 Å². The average molecular weight is 287 g/mol. The second kappa shape index (κ2) is 4.19. The number of anilines is 1. The van der Waals surface area contributed by atoms with Crippen LogP contribution in [0.15, 0.2) is 12.1 Å². The van der Waals surface area contributed by atoms with Crippen molar-refractivity contribution in [3.63, 3.8) is 0 Å². The molecule has 104 valence electrons. The van der Waals surface area contributed by atoms with E-state index in [2.05, 4.69) is 4.98 Å². The summed E-state index contributed by atoms with van der Waals surface area (Å²) in [5.41, 5.74) is 7.74. The summed E-state index contributed by atoms with van der Waals surface area (Å²) in [6.45, 7) is 2.86. The van der Waals surface area contributed by atoms with Crippen molar-refractivity contribution in [2.45, 2.75) is 32.2 Å². The first-order valence-corrected chi connectivity index (χ1v) is 7.91. The first kappa shape index (κ1) is 12.1. The number of carbonyl (C=O) groups is 1. The summed E-state index contributed by atoms with van der Waals surface area (Å²) in [6, 6.07) is 4.35. The first-order valence-electron chi connectivity index (χ1n) is 7.10. The molecule has 0 spiro atoms. The predicted octanol–water partition coefficient (Wildman–Crippen LogP) is 2.81. The van der Waals surface area contributed by atoms with Crippen LogP contribution in [0.25, 0.3) is 10.2 Å². The zero-order valence-corrected chi connectivity index (χ0v) is 12.2. The Kier molecular flexibility index (Phi) is 2.54. The number of amides is 1. The van der Waals surface area contributed by atoms with E-state index in [1.54, 1.807) is 0 Å². The Balaban J connectivity index is 1.74. The quantitative estimate of drug-likeness (QED) is 0.877. The number of nitrogens with zero attached hydrogens (tertiary/aromatic N) is 2. The van der Waals surface area contributed by atoms with Crippen molar-refractivity contribution in [1.29, 1.82) is 0 Å². The Morgan fingerprint density at radius 2 is 2.30 bits per heavy atom. The lowest BCUT2D eigenvalue weighted by molar-refractivity contribution is 0.0709. The minimum Gasteiger partial charge on any atom is -0.397 e. The second-order valence-corrected chi connectivity index (χ2v) is 6.94. The maximum absolute atomic E-state index is 12.7. The number of hydrogen-bond donors (Lipinski definition) is 1. The summed E-state index contributed by atoms with van der Waals surface area (Å²) in [6.07, 6.45) is 3.60. The number of aromatic nitrogens is 1. The van der Waals surface area contributed by atoms with E-state index in [1.165, 1.54) is 24.2 Å². The number of carbonyl (C=O) groups excluding carboxylic acids is 1. The SMILES string of the molecule is Cc1ccc2c(N)c(C(=O)N3CC4CCC3C4)sc2n1. The van der Waals surface area contributed by atoms with Gasteiger partial charge in [-0.2, -0.15) is 0 Å². The second-order valence-electron chi connectivity index (χ2n) is 5.94. The van der Waals surface area contributed by atoms with Gasteiger partial charge in [-0.1, -0.05) is 0 Å². The van der Waals surface area contributed by atoms with E-state index in [-0.39, 0.29) is 5.91 Å². The number of thiophene rings is 1. The molecule has 0 radical (unpaired) electrons. The molecule has 2 unspecified atom stereocenters. The fourth-order valence-electron chi connectivity index (χ4n) is 3.55. The number of nitrogens with two attached hydrogens (primary N) is 1. The van der Waals surface area contributed by atoms with Crippen molar-refractivity contribution in [3.8, 4) is 0 Å². The summed E-state index contributed by atoms with van der Waals surface area (Å²) in [5, 5.41) is 0.910. The van der Waals surface area contributed by atoms with Crippen molar-refractivity contribution < 1.29 is 4.79 Å². The van der Waals surface area contributed by atoms with Gasteiger partial charge in [0.15, 0.2) is 0 Å². The van der Waals surface area contributed by atoms with E-state index in [0.29, 0.717) is 22.5 Å².